The SMILES string of the molecule is Cc1cc(-c2ccc(F)cc2)c(C(=O)O)cn1. The summed E-state index contributed by atoms with van der Waals surface area (Å²) in [5, 5.41) is 9.06. The van der Waals surface area contributed by atoms with Crippen LogP contribution in [0.4, 0.5) is 4.39 Å². The molecule has 2 rings (SSSR count). The predicted molar refractivity (Wildman–Crippen MR) is 61.3 cm³/mol. The molecule has 1 N–H and O–H groups in total. The van der Waals surface area contributed by atoms with E-state index in [1.807, 2.05) is 0 Å². The van der Waals surface area contributed by atoms with Crippen LogP contribution < -0.4 is 0 Å². The molecule has 0 saturated heterocycles. The average molecular weight is 231 g/mol. The molecule has 0 aliphatic rings. The Bertz CT molecular complexity index is 564. The van der Waals surface area contributed by atoms with Gasteiger partial charge < -0.3 is 5.11 Å². The number of hydrogen-bond acceptors (Lipinski definition) is 2. The van der Waals surface area contributed by atoms with E-state index in [1.165, 1.54) is 18.3 Å². The van der Waals surface area contributed by atoms with Crippen LogP contribution in [0.1, 0.15) is 16.1 Å². The minimum atomic E-state index is -1.04. The number of nitrogens with zero attached hydrogens (tertiary/aromatic N) is 1. The molecule has 0 radical (unpaired) electrons. The van der Waals surface area contributed by atoms with Crippen LogP contribution >= 0.6 is 0 Å². The fourth-order valence-corrected chi connectivity index (χ4v) is 1.60. The van der Waals surface area contributed by atoms with E-state index in [1.54, 1.807) is 25.1 Å². The molecular weight excluding hydrogens is 221 g/mol. The third-order valence-corrected chi connectivity index (χ3v) is 2.43. The Hall–Kier alpha value is -2.23. The van der Waals surface area contributed by atoms with E-state index in [4.69, 9.17) is 5.11 Å². The van der Waals surface area contributed by atoms with Crippen LogP contribution in [0, 0.1) is 12.7 Å². The van der Waals surface area contributed by atoms with Crippen LogP contribution in [0.25, 0.3) is 11.1 Å². The normalized spacial score (nSPS) is 10.2. The van der Waals surface area contributed by atoms with Gasteiger partial charge in [0, 0.05) is 11.9 Å². The fourth-order valence-electron chi connectivity index (χ4n) is 1.60. The highest BCUT2D eigenvalue weighted by molar-refractivity contribution is 5.95. The molecule has 17 heavy (non-hydrogen) atoms. The van der Waals surface area contributed by atoms with Crippen molar-refractivity contribution in [2.75, 3.05) is 0 Å². The Morgan fingerprint density at radius 1 is 1.29 bits per heavy atom. The lowest BCUT2D eigenvalue weighted by atomic mass is 10.0. The highest BCUT2D eigenvalue weighted by atomic mass is 19.1. The van der Waals surface area contributed by atoms with Gasteiger partial charge >= 0.3 is 5.97 Å². The second kappa shape index (κ2) is 4.33. The molecule has 4 heteroatoms. The van der Waals surface area contributed by atoms with Crippen molar-refractivity contribution in [3.05, 3.63) is 53.6 Å². The second-order valence-electron chi connectivity index (χ2n) is 3.68. The molecule has 0 aliphatic carbocycles. The number of carboxylic acids is 1. The standard InChI is InChI=1S/C13H10FNO2/c1-8-6-11(12(7-15-8)13(16)17)9-2-4-10(14)5-3-9/h2-7H,1H3,(H,16,17). The molecule has 1 aromatic heterocycles. The van der Waals surface area contributed by atoms with Crippen molar-refractivity contribution in [1.82, 2.24) is 4.98 Å². The molecular formula is C13H10FNO2. The van der Waals surface area contributed by atoms with Crippen LogP contribution in [-0.2, 0) is 0 Å². The number of aromatic carboxylic acids is 1. The zero-order valence-corrected chi connectivity index (χ0v) is 9.14. The van der Waals surface area contributed by atoms with Gasteiger partial charge in [0.25, 0.3) is 0 Å². The zero-order chi connectivity index (χ0) is 12.4. The summed E-state index contributed by atoms with van der Waals surface area (Å²) in [5.74, 6) is -1.40. The third kappa shape index (κ3) is 2.30. The number of hydrogen-bond donors (Lipinski definition) is 1. The van der Waals surface area contributed by atoms with E-state index in [0.717, 1.165) is 0 Å². The maximum Gasteiger partial charge on any atom is 0.337 e. The zero-order valence-electron chi connectivity index (χ0n) is 9.14. The summed E-state index contributed by atoms with van der Waals surface area (Å²) in [6.07, 6.45) is 1.32. The predicted octanol–water partition coefficient (Wildman–Crippen LogP) is 2.89. The summed E-state index contributed by atoms with van der Waals surface area (Å²) in [6, 6.07) is 7.39. The van der Waals surface area contributed by atoms with Gasteiger partial charge in [-0.05, 0) is 36.2 Å². The summed E-state index contributed by atoms with van der Waals surface area (Å²) >= 11 is 0. The first kappa shape index (κ1) is 11.3. The minimum Gasteiger partial charge on any atom is -0.478 e. The van der Waals surface area contributed by atoms with E-state index < -0.39 is 5.97 Å². The van der Waals surface area contributed by atoms with Gasteiger partial charge in [0.05, 0.1) is 5.56 Å². The van der Waals surface area contributed by atoms with Crippen LogP contribution in [0.5, 0.6) is 0 Å². The topological polar surface area (TPSA) is 50.2 Å². The van der Waals surface area contributed by atoms with Gasteiger partial charge in [-0.2, -0.15) is 0 Å². The second-order valence-corrected chi connectivity index (χ2v) is 3.68. The lowest BCUT2D eigenvalue weighted by Crippen LogP contribution is -2.01. The smallest absolute Gasteiger partial charge is 0.337 e. The Morgan fingerprint density at radius 3 is 2.53 bits per heavy atom. The first-order chi connectivity index (χ1) is 8.08. The van der Waals surface area contributed by atoms with Crippen molar-refractivity contribution in [2.24, 2.45) is 0 Å². The highest BCUT2D eigenvalue weighted by Crippen LogP contribution is 2.24. The van der Waals surface area contributed by atoms with Crippen molar-refractivity contribution in [3.8, 4) is 11.1 Å². The first-order valence-electron chi connectivity index (χ1n) is 5.04. The maximum atomic E-state index is 12.8. The van der Waals surface area contributed by atoms with Gasteiger partial charge in [-0.3, -0.25) is 4.98 Å². The van der Waals surface area contributed by atoms with Gasteiger partial charge in [0.2, 0.25) is 0 Å². The van der Waals surface area contributed by atoms with E-state index in [2.05, 4.69) is 4.98 Å². The summed E-state index contributed by atoms with van der Waals surface area (Å²) in [6.45, 7) is 1.78. The quantitative estimate of drug-likeness (QED) is 0.864. The monoisotopic (exact) mass is 231 g/mol. The Balaban J connectivity index is 2.60. The van der Waals surface area contributed by atoms with Crippen molar-refractivity contribution >= 4 is 5.97 Å². The Labute approximate surface area is 97.6 Å². The Kier molecular flexibility index (Phi) is 2.87. The van der Waals surface area contributed by atoms with Crippen molar-refractivity contribution in [1.29, 1.82) is 0 Å². The van der Waals surface area contributed by atoms with Crippen LogP contribution in [-0.4, -0.2) is 16.1 Å². The molecule has 86 valence electrons. The summed E-state index contributed by atoms with van der Waals surface area (Å²) in [5.41, 5.74) is 2.04. The number of pyridine rings is 1. The van der Waals surface area contributed by atoms with Gasteiger partial charge in [-0.15, -0.1) is 0 Å². The molecule has 0 spiro atoms. The van der Waals surface area contributed by atoms with Gasteiger partial charge in [-0.25, -0.2) is 9.18 Å². The van der Waals surface area contributed by atoms with Gasteiger partial charge in [0.15, 0.2) is 0 Å². The summed E-state index contributed by atoms with van der Waals surface area (Å²) < 4.78 is 12.8. The van der Waals surface area contributed by atoms with Gasteiger partial charge in [-0.1, -0.05) is 12.1 Å². The molecule has 0 unspecified atom stereocenters. The van der Waals surface area contributed by atoms with E-state index in [-0.39, 0.29) is 11.4 Å². The molecule has 0 aliphatic heterocycles. The number of benzene rings is 1. The van der Waals surface area contributed by atoms with E-state index in [9.17, 15) is 9.18 Å². The minimum absolute atomic E-state index is 0.113. The van der Waals surface area contributed by atoms with Crippen molar-refractivity contribution in [3.63, 3.8) is 0 Å². The number of carbonyl (C=O) groups is 1. The molecule has 3 nitrogen and oxygen atoms in total. The van der Waals surface area contributed by atoms with Crippen LogP contribution in [0.15, 0.2) is 36.5 Å². The van der Waals surface area contributed by atoms with Gasteiger partial charge in [0.1, 0.15) is 5.82 Å². The molecule has 0 amide bonds. The lowest BCUT2D eigenvalue weighted by Gasteiger charge is -2.06. The third-order valence-electron chi connectivity index (χ3n) is 2.43. The summed E-state index contributed by atoms with van der Waals surface area (Å²) in [4.78, 5) is 15.0. The average Bonchev–Trinajstić information content (AvgIpc) is 2.29. The fraction of sp³-hybridized carbons (Fsp3) is 0.0769. The molecule has 1 aromatic carbocycles. The van der Waals surface area contributed by atoms with Crippen molar-refractivity contribution in [2.45, 2.75) is 6.92 Å². The number of carboxylic acid groups (broad SMARTS) is 1. The molecule has 0 saturated carbocycles. The van der Waals surface area contributed by atoms with E-state index >= 15 is 0 Å². The Morgan fingerprint density at radius 2 is 1.94 bits per heavy atom. The molecule has 0 bridgehead atoms. The lowest BCUT2D eigenvalue weighted by molar-refractivity contribution is 0.0697. The van der Waals surface area contributed by atoms with Crippen LogP contribution in [0.3, 0.4) is 0 Å². The molecule has 2 aromatic rings. The number of halogens is 1. The van der Waals surface area contributed by atoms with E-state index in [0.29, 0.717) is 16.8 Å². The number of rotatable bonds is 2. The molecule has 0 atom stereocenters. The van der Waals surface area contributed by atoms with Crippen molar-refractivity contribution < 1.29 is 14.3 Å². The first-order valence-corrected chi connectivity index (χ1v) is 5.04. The molecule has 0 fully saturated rings. The molecule has 1 heterocycles. The largest absolute Gasteiger partial charge is 0.478 e. The maximum absolute atomic E-state index is 12.8. The number of aryl methyl sites for hydroxylation is 1. The summed E-state index contributed by atoms with van der Waals surface area (Å²) in [7, 11) is 0. The van der Waals surface area contributed by atoms with Crippen LogP contribution in [0.2, 0.25) is 0 Å². The number of aromatic nitrogens is 1. The highest BCUT2D eigenvalue weighted by Gasteiger charge is 2.12.